The van der Waals surface area contributed by atoms with Crippen molar-refractivity contribution in [3.8, 4) is 0 Å². The molecule has 0 amide bonds. The minimum Gasteiger partial charge on any atom is -0.282 e. The molecule has 12 nitrogen and oxygen atoms in total. The van der Waals surface area contributed by atoms with Crippen LogP contribution in [0.15, 0.2) is 82.8 Å². The average Bonchev–Trinajstić information content (AvgIpc) is 2.83. The Morgan fingerprint density at radius 3 is 1.18 bits per heavy atom. The quantitative estimate of drug-likeness (QED) is 0.289. The molecular weight excluding hydrogens is 484 g/mol. The van der Waals surface area contributed by atoms with Crippen LogP contribution >= 0.6 is 0 Å². The van der Waals surface area contributed by atoms with Crippen molar-refractivity contribution in [1.29, 1.82) is 0 Å². The zero-order valence-corrected chi connectivity index (χ0v) is 18.6. The molecule has 2 aromatic carbocycles. The molecule has 34 heavy (non-hydrogen) atoms. The van der Waals surface area contributed by atoms with Gasteiger partial charge in [0.1, 0.15) is 0 Å². The highest BCUT2D eigenvalue weighted by atomic mass is 32.2. The van der Waals surface area contributed by atoms with Gasteiger partial charge >= 0.3 is 0 Å². The van der Waals surface area contributed by atoms with Crippen LogP contribution in [-0.4, -0.2) is 56.8 Å². The molecule has 172 valence electrons. The van der Waals surface area contributed by atoms with Gasteiger partial charge < -0.3 is 0 Å². The first-order valence-electron chi connectivity index (χ1n) is 9.34. The van der Waals surface area contributed by atoms with Gasteiger partial charge in [0, 0.05) is 11.1 Å². The van der Waals surface area contributed by atoms with Crippen molar-refractivity contribution in [3.05, 3.63) is 95.6 Å². The van der Waals surface area contributed by atoms with Gasteiger partial charge in [-0.15, -0.1) is 20.4 Å². The van der Waals surface area contributed by atoms with Gasteiger partial charge in [0.25, 0.3) is 20.2 Å². The summed E-state index contributed by atoms with van der Waals surface area (Å²) in [6.45, 7) is 0. The maximum absolute atomic E-state index is 11.5. The number of hydrogen-bond acceptors (Lipinski definition) is 10. The van der Waals surface area contributed by atoms with Crippen LogP contribution in [0, 0.1) is 0 Å². The third-order valence-electron chi connectivity index (χ3n) is 4.65. The van der Waals surface area contributed by atoms with Gasteiger partial charge in [-0.1, -0.05) is 24.3 Å². The molecule has 0 spiro atoms. The summed E-state index contributed by atoms with van der Waals surface area (Å²) >= 11 is 0. The second-order valence-corrected chi connectivity index (χ2v) is 9.60. The maximum atomic E-state index is 11.5. The van der Waals surface area contributed by atoms with Gasteiger partial charge in [-0.25, -0.2) is 0 Å². The SMILES string of the molecule is O=S(=O)(O)c1ccc(C(=C(c2ccc(S(=O)(=O)O)cc2)c2ccnnn2)c2ccnnn2)cc1. The molecule has 0 aliphatic rings. The zero-order valence-electron chi connectivity index (χ0n) is 17.0. The summed E-state index contributed by atoms with van der Waals surface area (Å²) in [6, 6.07) is 13.9. The molecule has 0 atom stereocenters. The summed E-state index contributed by atoms with van der Waals surface area (Å²) < 4.78 is 64.6. The molecule has 2 aromatic heterocycles. The number of nitrogens with zero attached hydrogens (tertiary/aromatic N) is 6. The molecular formula is C20H14N6O6S2. The summed E-state index contributed by atoms with van der Waals surface area (Å²) in [4.78, 5) is -0.613. The fraction of sp³-hybridized carbons (Fsp3) is 0. The highest BCUT2D eigenvalue weighted by Gasteiger charge is 2.21. The van der Waals surface area contributed by atoms with Crippen LogP contribution in [0.3, 0.4) is 0 Å². The van der Waals surface area contributed by atoms with Crippen LogP contribution in [0.2, 0.25) is 0 Å². The van der Waals surface area contributed by atoms with Crippen LogP contribution in [0.5, 0.6) is 0 Å². The normalized spacial score (nSPS) is 12.8. The Bertz CT molecular complexity index is 1440. The topological polar surface area (TPSA) is 186 Å². The summed E-state index contributed by atoms with van der Waals surface area (Å²) in [5.41, 5.74) is 2.47. The largest absolute Gasteiger partial charge is 0.294 e. The van der Waals surface area contributed by atoms with E-state index in [1.165, 1.54) is 60.9 Å². The lowest BCUT2D eigenvalue weighted by molar-refractivity contribution is 0.481. The molecule has 2 N–H and O–H groups in total. The molecule has 14 heteroatoms. The van der Waals surface area contributed by atoms with E-state index >= 15 is 0 Å². The Morgan fingerprint density at radius 1 is 0.559 bits per heavy atom. The van der Waals surface area contributed by atoms with Gasteiger partial charge in [-0.05, 0) is 58.0 Å². The summed E-state index contributed by atoms with van der Waals surface area (Å²) in [5.74, 6) is 0. The van der Waals surface area contributed by atoms with Gasteiger partial charge in [-0.2, -0.15) is 16.8 Å². The molecule has 0 aliphatic heterocycles. The van der Waals surface area contributed by atoms with Crippen LogP contribution in [0.1, 0.15) is 22.5 Å². The second-order valence-electron chi connectivity index (χ2n) is 6.76. The minimum absolute atomic E-state index is 0.306. The third-order valence-corrected chi connectivity index (χ3v) is 6.39. The van der Waals surface area contributed by atoms with Crippen LogP contribution in [0.25, 0.3) is 11.1 Å². The predicted octanol–water partition coefficient (Wildman–Crippen LogP) is 1.56. The van der Waals surface area contributed by atoms with E-state index in [0.29, 0.717) is 33.7 Å². The van der Waals surface area contributed by atoms with E-state index in [4.69, 9.17) is 0 Å². The second kappa shape index (κ2) is 9.11. The summed E-state index contributed by atoms with van der Waals surface area (Å²) in [6.07, 6.45) is 2.82. The number of rotatable bonds is 6. The predicted molar refractivity (Wildman–Crippen MR) is 117 cm³/mol. The van der Waals surface area contributed by atoms with E-state index in [1.54, 1.807) is 12.1 Å². The van der Waals surface area contributed by atoms with E-state index in [2.05, 4.69) is 30.8 Å². The van der Waals surface area contributed by atoms with E-state index in [0.717, 1.165) is 0 Å². The molecule has 0 unspecified atom stereocenters. The van der Waals surface area contributed by atoms with Crippen molar-refractivity contribution < 1.29 is 25.9 Å². The summed E-state index contributed by atoms with van der Waals surface area (Å²) in [7, 11) is -8.84. The number of benzene rings is 2. The molecule has 0 saturated heterocycles. The van der Waals surface area contributed by atoms with Crippen LogP contribution in [0.4, 0.5) is 0 Å². The van der Waals surface area contributed by atoms with Gasteiger partial charge in [0.15, 0.2) is 0 Å². The van der Waals surface area contributed by atoms with Crippen molar-refractivity contribution in [2.45, 2.75) is 9.79 Å². The lowest BCUT2D eigenvalue weighted by Gasteiger charge is -2.15. The Morgan fingerprint density at radius 2 is 0.912 bits per heavy atom. The fourth-order valence-corrected chi connectivity index (χ4v) is 4.14. The third kappa shape index (κ3) is 4.99. The lowest BCUT2D eigenvalue weighted by atomic mass is 9.90. The fourth-order valence-electron chi connectivity index (χ4n) is 3.18. The van der Waals surface area contributed by atoms with E-state index in [9.17, 15) is 25.9 Å². The lowest BCUT2D eigenvalue weighted by Crippen LogP contribution is -2.05. The molecule has 0 aliphatic carbocycles. The van der Waals surface area contributed by atoms with Crippen LogP contribution < -0.4 is 0 Å². The Kier molecular flexibility index (Phi) is 6.21. The molecule has 0 radical (unpaired) electrons. The van der Waals surface area contributed by atoms with Crippen molar-refractivity contribution >= 4 is 31.4 Å². The van der Waals surface area contributed by atoms with Gasteiger partial charge in [-0.3, -0.25) is 9.11 Å². The van der Waals surface area contributed by atoms with E-state index < -0.39 is 20.2 Å². The zero-order chi connectivity index (χ0) is 24.3. The molecule has 0 bridgehead atoms. The van der Waals surface area contributed by atoms with Gasteiger partial charge in [0.05, 0.1) is 33.6 Å². The van der Waals surface area contributed by atoms with Crippen LogP contribution in [-0.2, 0) is 20.2 Å². The smallest absolute Gasteiger partial charge is 0.282 e. The monoisotopic (exact) mass is 498 g/mol. The Labute approximate surface area is 193 Å². The van der Waals surface area contributed by atoms with Gasteiger partial charge in [0.2, 0.25) is 0 Å². The van der Waals surface area contributed by atoms with E-state index in [-0.39, 0.29) is 9.79 Å². The Hall–Kier alpha value is -3.98. The Balaban J connectivity index is 2.05. The number of hydrogen-bond donors (Lipinski definition) is 2. The number of aromatic nitrogens is 6. The standard InChI is InChI=1S/C20H14N6O6S2/c27-33(28,29)15-5-1-13(2-6-15)19(17-9-11-21-25-23-17)20(18-10-12-22-26-24-18)14-3-7-16(8-4-14)34(30,31)32/h1-12H,(H,27,28,29)(H,30,31,32). The van der Waals surface area contributed by atoms with Crippen molar-refractivity contribution in [1.82, 2.24) is 30.8 Å². The van der Waals surface area contributed by atoms with E-state index in [1.807, 2.05) is 0 Å². The summed E-state index contributed by atoms with van der Waals surface area (Å²) in [5, 5.41) is 22.9. The molecule has 4 aromatic rings. The maximum Gasteiger partial charge on any atom is 0.294 e. The van der Waals surface area contributed by atoms with Crippen molar-refractivity contribution in [2.24, 2.45) is 0 Å². The highest BCUT2D eigenvalue weighted by molar-refractivity contribution is 7.86. The average molecular weight is 499 g/mol. The van der Waals surface area contributed by atoms with Crippen molar-refractivity contribution in [2.75, 3.05) is 0 Å². The highest BCUT2D eigenvalue weighted by Crippen LogP contribution is 2.35. The molecule has 0 saturated carbocycles. The van der Waals surface area contributed by atoms with Crippen molar-refractivity contribution in [3.63, 3.8) is 0 Å². The first-order chi connectivity index (χ1) is 16.1. The molecule has 0 fully saturated rings. The first kappa shape index (κ1) is 23.2. The first-order valence-corrected chi connectivity index (χ1v) is 12.2. The molecule has 2 heterocycles. The molecule has 4 rings (SSSR count). The minimum atomic E-state index is -4.42.